The van der Waals surface area contributed by atoms with Gasteiger partial charge in [-0.25, -0.2) is 0 Å². The van der Waals surface area contributed by atoms with Crippen LogP contribution in [-0.2, 0) is 0 Å². The van der Waals surface area contributed by atoms with Crippen molar-refractivity contribution < 1.29 is 5.11 Å². The van der Waals surface area contributed by atoms with E-state index in [2.05, 4.69) is 44.8 Å². The van der Waals surface area contributed by atoms with Crippen LogP contribution in [0.15, 0.2) is 0 Å². The molecule has 18 heavy (non-hydrogen) atoms. The van der Waals surface area contributed by atoms with Crippen LogP contribution < -0.4 is 5.32 Å². The summed E-state index contributed by atoms with van der Waals surface area (Å²) < 4.78 is 0. The van der Waals surface area contributed by atoms with Gasteiger partial charge >= 0.3 is 0 Å². The summed E-state index contributed by atoms with van der Waals surface area (Å²) in [7, 11) is 0. The lowest BCUT2D eigenvalue weighted by molar-refractivity contribution is 0.146. The van der Waals surface area contributed by atoms with E-state index in [1.807, 2.05) is 0 Å². The maximum Gasteiger partial charge on any atom is 0.0613 e. The predicted octanol–water partition coefficient (Wildman–Crippen LogP) is 3.69. The van der Waals surface area contributed by atoms with Crippen molar-refractivity contribution in [3.05, 3.63) is 0 Å². The molecule has 0 aromatic heterocycles. The zero-order valence-corrected chi connectivity index (χ0v) is 13.6. The van der Waals surface area contributed by atoms with Gasteiger partial charge in [-0.05, 0) is 56.1 Å². The number of aliphatic hydroxyl groups is 1. The summed E-state index contributed by atoms with van der Waals surface area (Å²) in [6.07, 6.45) is 5.76. The van der Waals surface area contributed by atoms with E-state index in [0.29, 0.717) is 0 Å². The summed E-state index contributed by atoms with van der Waals surface area (Å²) in [4.78, 5) is 0. The Kier molecular flexibility index (Phi) is 11.3. The van der Waals surface area contributed by atoms with Gasteiger partial charge in [-0.15, -0.1) is 0 Å². The maximum atomic E-state index is 9.61. The minimum Gasteiger partial charge on any atom is -0.394 e. The Labute approximate surface area is 118 Å². The van der Waals surface area contributed by atoms with Gasteiger partial charge in [0.15, 0.2) is 0 Å². The van der Waals surface area contributed by atoms with E-state index in [1.165, 1.54) is 24.3 Å². The number of aliphatic hydroxyl groups excluding tert-OH is 1. The third kappa shape index (κ3) is 8.39. The van der Waals surface area contributed by atoms with Crippen LogP contribution in [0.25, 0.3) is 0 Å². The fourth-order valence-electron chi connectivity index (χ4n) is 1.96. The van der Waals surface area contributed by atoms with Crippen LogP contribution in [0, 0.1) is 5.92 Å². The van der Waals surface area contributed by atoms with Gasteiger partial charge in [0.1, 0.15) is 0 Å². The molecule has 0 saturated carbocycles. The molecule has 2 nitrogen and oxygen atoms in total. The second-order valence-corrected chi connectivity index (χ2v) is 6.84. The zero-order chi connectivity index (χ0) is 13.9. The SMILES string of the molecule is CCCNC(CC)(CO)CCCSCCC(C)C. The van der Waals surface area contributed by atoms with E-state index in [1.54, 1.807) is 0 Å². The molecule has 0 spiro atoms. The van der Waals surface area contributed by atoms with Gasteiger partial charge in [0.2, 0.25) is 0 Å². The summed E-state index contributed by atoms with van der Waals surface area (Å²) >= 11 is 2.06. The second-order valence-electron chi connectivity index (χ2n) is 5.62. The van der Waals surface area contributed by atoms with Gasteiger partial charge in [-0.3, -0.25) is 0 Å². The lowest BCUT2D eigenvalue weighted by Gasteiger charge is -2.32. The molecular formula is C15H33NOS. The van der Waals surface area contributed by atoms with Crippen LogP contribution in [0.2, 0.25) is 0 Å². The molecule has 0 heterocycles. The predicted molar refractivity (Wildman–Crippen MR) is 84.4 cm³/mol. The molecule has 0 saturated heterocycles. The smallest absolute Gasteiger partial charge is 0.0613 e. The summed E-state index contributed by atoms with van der Waals surface area (Å²) in [5, 5.41) is 13.1. The Morgan fingerprint density at radius 1 is 1.22 bits per heavy atom. The van der Waals surface area contributed by atoms with Crippen LogP contribution in [-0.4, -0.2) is 35.3 Å². The van der Waals surface area contributed by atoms with Crippen molar-refractivity contribution in [1.82, 2.24) is 5.32 Å². The summed E-state index contributed by atoms with van der Waals surface area (Å²) in [6.45, 7) is 10.2. The fourth-order valence-corrected chi connectivity index (χ4v) is 3.15. The molecule has 0 aromatic rings. The van der Waals surface area contributed by atoms with E-state index in [-0.39, 0.29) is 12.1 Å². The number of hydrogen-bond acceptors (Lipinski definition) is 3. The van der Waals surface area contributed by atoms with Gasteiger partial charge in [-0.2, -0.15) is 11.8 Å². The van der Waals surface area contributed by atoms with Crippen LogP contribution >= 0.6 is 11.8 Å². The quantitative estimate of drug-likeness (QED) is 0.533. The first kappa shape index (κ1) is 18.3. The average Bonchev–Trinajstić information content (AvgIpc) is 2.37. The van der Waals surface area contributed by atoms with Crippen molar-refractivity contribution in [2.75, 3.05) is 24.7 Å². The molecule has 0 fully saturated rings. The first-order valence-electron chi connectivity index (χ1n) is 7.53. The Bertz CT molecular complexity index is 181. The minimum atomic E-state index is -0.0331. The van der Waals surface area contributed by atoms with Crippen molar-refractivity contribution in [3.63, 3.8) is 0 Å². The summed E-state index contributed by atoms with van der Waals surface area (Å²) in [5.74, 6) is 3.32. The lowest BCUT2D eigenvalue weighted by Crippen LogP contribution is -2.48. The van der Waals surface area contributed by atoms with Crippen LogP contribution in [0.1, 0.15) is 59.8 Å². The van der Waals surface area contributed by atoms with Gasteiger partial charge in [0.05, 0.1) is 6.61 Å². The molecule has 0 radical (unpaired) electrons. The van der Waals surface area contributed by atoms with Crippen molar-refractivity contribution >= 4 is 11.8 Å². The van der Waals surface area contributed by atoms with Crippen LogP contribution in [0.3, 0.4) is 0 Å². The third-order valence-corrected chi connectivity index (χ3v) is 4.61. The lowest BCUT2D eigenvalue weighted by atomic mass is 9.91. The monoisotopic (exact) mass is 275 g/mol. The number of nitrogens with one attached hydrogen (secondary N) is 1. The molecule has 110 valence electrons. The highest BCUT2D eigenvalue weighted by Gasteiger charge is 2.25. The topological polar surface area (TPSA) is 32.3 Å². The molecule has 2 N–H and O–H groups in total. The standard InChI is InChI=1S/C15H33NOS/c1-5-10-16-15(6-2,13-17)9-7-11-18-12-8-14(3)4/h14,16-17H,5-13H2,1-4H3. The molecule has 1 atom stereocenters. The van der Waals surface area contributed by atoms with Crippen molar-refractivity contribution in [3.8, 4) is 0 Å². The Morgan fingerprint density at radius 3 is 2.44 bits per heavy atom. The third-order valence-electron chi connectivity index (χ3n) is 3.51. The van der Waals surface area contributed by atoms with E-state index >= 15 is 0 Å². The first-order valence-corrected chi connectivity index (χ1v) is 8.69. The number of hydrogen-bond donors (Lipinski definition) is 2. The molecule has 1 unspecified atom stereocenters. The van der Waals surface area contributed by atoms with Crippen molar-refractivity contribution in [2.45, 2.75) is 65.3 Å². The van der Waals surface area contributed by atoms with Crippen molar-refractivity contribution in [1.29, 1.82) is 0 Å². The molecule has 0 aliphatic rings. The van der Waals surface area contributed by atoms with Crippen LogP contribution in [0.4, 0.5) is 0 Å². The van der Waals surface area contributed by atoms with Gasteiger partial charge < -0.3 is 10.4 Å². The Balaban J connectivity index is 3.76. The average molecular weight is 276 g/mol. The Hall–Kier alpha value is 0.270. The molecule has 0 aliphatic heterocycles. The summed E-state index contributed by atoms with van der Waals surface area (Å²) in [6, 6.07) is 0. The van der Waals surface area contributed by atoms with Crippen molar-refractivity contribution in [2.24, 2.45) is 5.92 Å². The fraction of sp³-hybridized carbons (Fsp3) is 1.00. The van der Waals surface area contributed by atoms with Crippen LogP contribution in [0.5, 0.6) is 0 Å². The number of rotatable bonds is 12. The molecule has 0 rings (SSSR count). The maximum absolute atomic E-state index is 9.61. The summed E-state index contributed by atoms with van der Waals surface area (Å²) in [5.41, 5.74) is -0.0331. The van der Waals surface area contributed by atoms with Gasteiger partial charge in [0.25, 0.3) is 0 Å². The van der Waals surface area contributed by atoms with Gasteiger partial charge in [0, 0.05) is 5.54 Å². The highest BCUT2D eigenvalue weighted by atomic mass is 32.2. The van der Waals surface area contributed by atoms with E-state index < -0.39 is 0 Å². The largest absolute Gasteiger partial charge is 0.394 e. The molecule has 3 heteroatoms. The molecule has 0 aliphatic carbocycles. The van der Waals surface area contributed by atoms with E-state index in [0.717, 1.165) is 31.7 Å². The minimum absolute atomic E-state index is 0.0331. The highest BCUT2D eigenvalue weighted by molar-refractivity contribution is 7.99. The normalized spacial score (nSPS) is 15.0. The van der Waals surface area contributed by atoms with E-state index in [9.17, 15) is 5.11 Å². The van der Waals surface area contributed by atoms with Gasteiger partial charge in [-0.1, -0.05) is 27.7 Å². The molecule has 0 amide bonds. The molecular weight excluding hydrogens is 242 g/mol. The number of thioether (sulfide) groups is 1. The zero-order valence-electron chi connectivity index (χ0n) is 12.8. The highest BCUT2D eigenvalue weighted by Crippen LogP contribution is 2.19. The molecule has 0 bridgehead atoms. The Morgan fingerprint density at radius 2 is 1.94 bits per heavy atom. The molecule has 0 aromatic carbocycles. The first-order chi connectivity index (χ1) is 8.60. The second kappa shape index (κ2) is 11.1. The van der Waals surface area contributed by atoms with E-state index in [4.69, 9.17) is 0 Å².